The third-order valence-corrected chi connectivity index (χ3v) is 8.18. The molecule has 0 amide bonds. The number of rotatable bonds is 10. The molecule has 1 saturated carbocycles. The van der Waals surface area contributed by atoms with Crippen LogP contribution in [0, 0.1) is 24.6 Å². The molecule has 1 N–H and O–H groups in total. The SMILES string of the molecule is Cc1nc(OCCCS(C)(=O)=O)c[n+](C)c1-c1ccc(F)c(COc2cc3c(cn2)C2C(C3)C2C(=O)O)c1. The summed E-state index contributed by atoms with van der Waals surface area (Å²) >= 11 is 0. The number of sulfone groups is 1. The number of ether oxygens (including phenoxy) is 2. The molecule has 200 valence electrons. The summed E-state index contributed by atoms with van der Waals surface area (Å²) in [5.74, 6) is -0.496. The number of nitrogens with zero attached hydrogens (tertiary/aromatic N) is 3. The van der Waals surface area contributed by atoms with Gasteiger partial charge < -0.3 is 14.6 Å². The molecule has 0 bridgehead atoms. The molecule has 2 aliphatic carbocycles. The van der Waals surface area contributed by atoms with E-state index in [0.717, 1.165) is 22.4 Å². The lowest BCUT2D eigenvalue weighted by atomic mass is 10.0. The van der Waals surface area contributed by atoms with Crippen molar-refractivity contribution in [2.24, 2.45) is 18.9 Å². The van der Waals surface area contributed by atoms with Gasteiger partial charge >= 0.3 is 5.97 Å². The quantitative estimate of drug-likeness (QED) is 0.307. The second-order valence-electron chi connectivity index (χ2n) is 10.0. The van der Waals surface area contributed by atoms with Crippen molar-refractivity contribution in [3.8, 4) is 23.0 Å². The molecule has 3 atom stereocenters. The normalized spacial score (nSPS) is 19.5. The van der Waals surface area contributed by atoms with Crippen molar-refractivity contribution in [3.63, 3.8) is 0 Å². The molecule has 3 aromatic rings. The number of carboxylic acids is 1. The summed E-state index contributed by atoms with van der Waals surface area (Å²) in [6.07, 6.45) is 5.64. The van der Waals surface area contributed by atoms with E-state index in [2.05, 4.69) is 9.97 Å². The highest BCUT2D eigenvalue weighted by Gasteiger charge is 2.59. The summed E-state index contributed by atoms with van der Waals surface area (Å²) in [5, 5.41) is 9.29. The Balaban J connectivity index is 1.27. The zero-order chi connectivity index (χ0) is 27.2. The summed E-state index contributed by atoms with van der Waals surface area (Å²) in [6, 6.07) is 6.60. The van der Waals surface area contributed by atoms with Gasteiger partial charge in [-0.25, -0.2) is 22.8 Å². The number of aromatic nitrogens is 3. The molecular weight excluding hydrogens is 513 g/mol. The van der Waals surface area contributed by atoms with Gasteiger partial charge in [0.2, 0.25) is 17.8 Å². The number of carbonyl (C=O) groups is 1. The molecule has 0 radical (unpaired) electrons. The largest absolute Gasteiger partial charge is 0.481 e. The van der Waals surface area contributed by atoms with E-state index in [1.165, 1.54) is 12.3 Å². The maximum Gasteiger partial charge on any atom is 0.307 e. The van der Waals surface area contributed by atoms with E-state index >= 15 is 0 Å². The maximum atomic E-state index is 14.7. The van der Waals surface area contributed by atoms with E-state index in [4.69, 9.17) is 9.47 Å². The van der Waals surface area contributed by atoms with Crippen molar-refractivity contribution >= 4 is 15.8 Å². The maximum absolute atomic E-state index is 14.7. The molecule has 5 rings (SSSR count). The van der Waals surface area contributed by atoms with Crippen LogP contribution in [0.3, 0.4) is 0 Å². The highest BCUT2D eigenvalue weighted by atomic mass is 32.2. The number of halogens is 1. The lowest BCUT2D eigenvalue weighted by Crippen LogP contribution is -2.32. The average molecular weight is 543 g/mol. The van der Waals surface area contributed by atoms with Crippen LogP contribution in [0.5, 0.6) is 11.8 Å². The summed E-state index contributed by atoms with van der Waals surface area (Å²) in [7, 11) is -1.21. The molecule has 1 aromatic carbocycles. The van der Waals surface area contributed by atoms with E-state index in [1.54, 1.807) is 24.5 Å². The van der Waals surface area contributed by atoms with Crippen molar-refractivity contribution in [1.82, 2.24) is 9.97 Å². The standard InChI is InChI=1S/C27H28FN3O6S/c1-15-26(31(2)13-23(30-15)36-7-4-8-38(3,34)35)16-5-6-21(28)18(9-16)14-37-22-11-17-10-19-24(20(17)12-29-22)25(19)27(32)33/h5-6,9,11-13,19,24-25H,4,7-8,10,14H2,1-3H3/p+1. The van der Waals surface area contributed by atoms with Crippen LogP contribution in [0.1, 0.15) is 34.7 Å². The Kier molecular flexibility index (Phi) is 6.81. The first-order valence-electron chi connectivity index (χ1n) is 12.3. The van der Waals surface area contributed by atoms with Crippen molar-refractivity contribution in [1.29, 1.82) is 0 Å². The van der Waals surface area contributed by atoms with Crippen molar-refractivity contribution in [2.75, 3.05) is 18.6 Å². The Hall–Kier alpha value is -3.60. The second-order valence-corrected chi connectivity index (χ2v) is 12.3. The number of hydrogen-bond acceptors (Lipinski definition) is 7. The zero-order valence-corrected chi connectivity index (χ0v) is 22.2. The Labute approximate surface area is 220 Å². The van der Waals surface area contributed by atoms with Crippen molar-refractivity contribution in [3.05, 3.63) is 64.9 Å². The number of benzene rings is 1. The number of pyridine rings is 1. The monoisotopic (exact) mass is 542 g/mol. The fraction of sp³-hybridized carbons (Fsp3) is 0.407. The van der Waals surface area contributed by atoms with E-state index in [-0.39, 0.29) is 36.7 Å². The predicted octanol–water partition coefficient (Wildman–Crippen LogP) is 2.78. The highest BCUT2D eigenvalue weighted by molar-refractivity contribution is 7.90. The van der Waals surface area contributed by atoms with Gasteiger partial charge in [0.25, 0.3) is 5.88 Å². The first-order chi connectivity index (χ1) is 18.0. The molecular formula is C27H29FN3O6S+. The molecule has 0 aliphatic heterocycles. The fourth-order valence-electron chi connectivity index (χ4n) is 5.38. The topological polar surface area (TPSA) is 120 Å². The molecule has 38 heavy (non-hydrogen) atoms. The van der Waals surface area contributed by atoms with Crippen LogP contribution < -0.4 is 14.0 Å². The van der Waals surface area contributed by atoms with Gasteiger partial charge in [-0.05, 0) is 55.0 Å². The number of hydrogen-bond donors (Lipinski definition) is 1. The Morgan fingerprint density at radius 2 is 2.03 bits per heavy atom. The summed E-state index contributed by atoms with van der Waals surface area (Å²) in [5.41, 5.74) is 4.58. The molecule has 2 aromatic heterocycles. The van der Waals surface area contributed by atoms with Gasteiger partial charge in [-0.1, -0.05) is 0 Å². The lowest BCUT2D eigenvalue weighted by Gasteiger charge is -2.11. The minimum absolute atomic E-state index is 0.0200. The molecule has 2 aliphatic rings. The molecule has 0 spiro atoms. The van der Waals surface area contributed by atoms with Crippen LogP contribution in [0.25, 0.3) is 11.3 Å². The van der Waals surface area contributed by atoms with Gasteiger partial charge in [0.1, 0.15) is 35.0 Å². The van der Waals surface area contributed by atoms with Gasteiger partial charge in [0.05, 0.1) is 18.3 Å². The predicted molar refractivity (Wildman–Crippen MR) is 135 cm³/mol. The summed E-state index contributed by atoms with van der Waals surface area (Å²) in [6.45, 7) is 2.04. The van der Waals surface area contributed by atoms with Gasteiger partial charge in [-0.2, -0.15) is 4.57 Å². The van der Waals surface area contributed by atoms with E-state index in [9.17, 15) is 22.7 Å². The first-order valence-corrected chi connectivity index (χ1v) is 14.4. The van der Waals surface area contributed by atoms with Crippen LogP contribution in [-0.2, 0) is 34.7 Å². The molecule has 11 heteroatoms. The van der Waals surface area contributed by atoms with Crippen LogP contribution in [0.4, 0.5) is 4.39 Å². The van der Waals surface area contributed by atoms with Crippen LogP contribution in [0.15, 0.2) is 36.7 Å². The molecule has 3 unspecified atom stereocenters. The van der Waals surface area contributed by atoms with Crippen LogP contribution in [0.2, 0.25) is 0 Å². The fourth-order valence-corrected chi connectivity index (χ4v) is 6.02. The number of aryl methyl sites for hydroxylation is 2. The second kappa shape index (κ2) is 9.94. The zero-order valence-electron chi connectivity index (χ0n) is 21.3. The molecule has 1 fully saturated rings. The van der Waals surface area contributed by atoms with E-state index in [0.29, 0.717) is 35.9 Å². The van der Waals surface area contributed by atoms with Crippen molar-refractivity contribution in [2.45, 2.75) is 32.3 Å². The number of carboxylic acid groups (broad SMARTS) is 1. The molecule has 0 saturated heterocycles. The molecule has 9 nitrogen and oxygen atoms in total. The van der Waals surface area contributed by atoms with Gasteiger partial charge in [0, 0.05) is 35.6 Å². The minimum Gasteiger partial charge on any atom is -0.481 e. The Bertz CT molecular complexity index is 1500. The summed E-state index contributed by atoms with van der Waals surface area (Å²) < 4.78 is 50.5. The van der Waals surface area contributed by atoms with Gasteiger partial charge in [-0.3, -0.25) is 4.79 Å². The van der Waals surface area contributed by atoms with Crippen LogP contribution >= 0.6 is 0 Å². The van der Waals surface area contributed by atoms with E-state index in [1.807, 2.05) is 24.6 Å². The van der Waals surface area contributed by atoms with Gasteiger partial charge in [-0.15, -0.1) is 0 Å². The van der Waals surface area contributed by atoms with Crippen molar-refractivity contribution < 1.29 is 36.8 Å². The van der Waals surface area contributed by atoms with Crippen LogP contribution in [-0.4, -0.2) is 48.1 Å². The summed E-state index contributed by atoms with van der Waals surface area (Å²) in [4.78, 5) is 20.1. The number of fused-ring (bicyclic) bond motifs is 3. The van der Waals surface area contributed by atoms with E-state index < -0.39 is 21.6 Å². The van der Waals surface area contributed by atoms with Gasteiger partial charge in [0.15, 0.2) is 0 Å². The third-order valence-electron chi connectivity index (χ3n) is 7.15. The Morgan fingerprint density at radius 3 is 2.74 bits per heavy atom. The lowest BCUT2D eigenvalue weighted by molar-refractivity contribution is -0.661. The number of aliphatic carboxylic acids is 1. The minimum atomic E-state index is -3.05. The Morgan fingerprint density at radius 1 is 1.24 bits per heavy atom. The highest BCUT2D eigenvalue weighted by Crippen LogP contribution is 2.61. The third kappa shape index (κ3) is 5.33. The molecule has 2 heterocycles. The average Bonchev–Trinajstić information content (AvgIpc) is 3.43. The first kappa shape index (κ1) is 26.0. The smallest absolute Gasteiger partial charge is 0.307 e.